The van der Waals surface area contributed by atoms with Crippen LogP contribution in [0.25, 0.3) is 12.2 Å². The lowest BCUT2D eigenvalue weighted by Gasteiger charge is -2.41. The molecule has 5 rings (SSSR count). The molecular formula is C30H28O15. The number of phenolic OH excluding ortho intramolecular Hbond substituents is 7. The van der Waals surface area contributed by atoms with E-state index in [2.05, 4.69) is 0 Å². The van der Waals surface area contributed by atoms with Crippen molar-refractivity contribution >= 4 is 18.1 Å². The Hall–Kier alpha value is -5.35. The normalized spacial score (nSPS) is 24.4. The van der Waals surface area contributed by atoms with E-state index in [4.69, 9.17) is 18.9 Å². The number of fused-ring (bicyclic) bond motifs is 1. The number of carbonyl (C=O) groups excluding carboxylic acids is 1. The zero-order valence-corrected chi connectivity index (χ0v) is 23.0. The predicted molar refractivity (Wildman–Crippen MR) is 150 cm³/mol. The quantitative estimate of drug-likeness (QED) is 0.100. The molecule has 15 nitrogen and oxygen atoms in total. The van der Waals surface area contributed by atoms with Crippen LogP contribution in [0.3, 0.4) is 0 Å². The minimum Gasteiger partial charge on any atom is -0.508 e. The average Bonchev–Trinajstić information content (AvgIpc) is 2.99. The van der Waals surface area contributed by atoms with Crippen LogP contribution in [-0.2, 0) is 19.0 Å². The first kappa shape index (κ1) is 31.1. The van der Waals surface area contributed by atoms with Gasteiger partial charge in [-0.05, 0) is 42.0 Å². The van der Waals surface area contributed by atoms with Crippen molar-refractivity contribution in [3.8, 4) is 46.0 Å². The van der Waals surface area contributed by atoms with Crippen LogP contribution >= 0.6 is 0 Å². The molecular weight excluding hydrogens is 600 g/mol. The summed E-state index contributed by atoms with van der Waals surface area (Å²) in [5.74, 6) is -4.94. The Morgan fingerprint density at radius 3 is 2.20 bits per heavy atom. The fourth-order valence-corrected chi connectivity index (χ4v) is 4.65. The van der Waals surface area contributed by atoms with Crippen LogP contribution in [-0.4, -0.2) is 94.3 Å². The Labute approximate surface area is 253 Å². The number of esters is 1. The highest BCUT2D eigenvalue weighted by Crippen LogP contribution is 2.47. The van der Waals surface area contributed by atoms with Gasteiger partial charge in [0.15, 0.2) is 34.9 Å². The predicted octanol–water partition coefficient (Wildman–Crippen LogP) is 1.18. The number of aromatic hydroxyl groups is 7. The van der Waals surface area contributed by atoms with E-state index in [1.165, 1.54) is 36.4 Å². The Morgan fingerprint density at radius 1 is 0.800 bits per heavy atom. The van der Waals surface area contributed by atoms with Gasteiger partial charge in [-0.1, -0.05) is 6.07 Å². The summed E-state index contributed by atoms with van der Waals surface area (Å²) in [4.78, 5) is 12.3. The number of phenols is 7. The molecule has 10 N–H and O–H groups in total. The van der Waals surface area contributed by atoms with Crippen LogP contribution in [0.4, 0.5) is 0 Å². The van der Waals surface area contributed by atoms with E-state index in [1.807, 2.05) is 0 Å². The molecule has 2 heterocycles. The molecule has 0 aromatic heterocycles. The van der Waals surface area contributed by atoms with Crippen molar-refractivity contribution in [2.24, 2.45) is 0 Å². The molecule has 0 spiro atoms. The lowest BCUT2D eigenvalue weighted by Crippen LogP contribution is -2.59. The van der Waals surface area contributed by atoms with Gasteiger partial charge in [0.1, 0.15) is 54.0 Å². The van der Waals surface area contributed by atoms with Gasteiger partial charge in [0, 0.05) is 23.8 Å². The van der Waals surface area contributed by atoms with Crippen molar-refractivity contribution in [2.45, 2.75) is 36.8 Å². The van der Waals surface area contributed by atoms with Gasteiger partial charge >= 0.3 is 5.97 Å². The van der Waals surface area contributed by atoms with Gasteiger partial charge in [-0.25, -0.2) is 4.79 Å². The molecule has 6 atom stereocenters. The molecule has 0 aliphatic carbocycles. The molecule has 2 aliphatic heterocycles. The number of hydrogen-bond donors (Lipinski definition) is 10. The number of carbonyl (C=O) groups is 1. The van der Waals surface area contributed by atoms with Crippen molar-refractivity contribution in [3.05, 3.63) is 71.0 Å². The highest BCUT2D eigenvalue weighted by molar-refractivity contribution is 5.87. The minimum absolute atomic E-state index is 0.00706. The first-order chi connectivity index (χ1) is 21.3. The maximum Gasteiger partial charge on any atom is 0.330 e. The van der Waals surface area contributed by atoms with E-state index in [9.17, 15) is 55.9 Å². The summed E-state index contributed by atoms with van der Waals surface area (Å²) in [6, 6.07) is 8.10. The van der Waals surface area contributed by atoms with Crippen LogP contribution in [0.15, 0.2) is 54.3 Å². The Morgan fingerprint density at radius 2 is 1.51 bits per heavy atom. The van der Waals surface area contributed by atoms with Crippen LogP contribution in [0.2, 0.25) is 0 Å². The average molecular weight is 629 g/mol. The van der Waals surface area contributed by atoms with E-state index in [0.29, 0.717) is 5.56 Å². The van der Waals surface area contributed by atoms with Crippen molar-refractivity contribution in [3.63, 3.8) is 0 Å². The summed E-state index contributed by atoms with van der Waals surface area (Å²) >= 11 is 0. The number of aliphatic hydroxyl groups excluding tert-OH is 3. The molecule has 238 valence electrons. The van der Waals surface area contributed by atoms with Crippen molar-refractivity contribution in [1.82, 2.24) is 0 Å². The molecule has 15 heteroatoms. The van der Waals surface area contributed by atoms with E-state index in [1.54, 1.807) is 0 Å². The second kappa shape index (κ2) is 12.3. The Bertz CT molecular complexity index is 1640. The third-order valence-corrected chi connectivity index (χ3v) is 7.01. The summed E-state index contributed by atoms with van der Waals surface area (Å²) < 4.78 is 22.5. The molecule has 0 bridgehead atoms. The van der Waals surface area contributed by atoms with Gasteiger partial charge in [0.05, 0.1) is 5.56 Å². The standard InChI is InChI=1S/C30H28O15/c31-14-8-17(33)15-10-22(29(43-21(15)9-14)13-6-19(35)25(38)20(36)7-13)44-30-28(41)27(40)26(39)23(45-30)11-42-24(37)4-2-12-1-3-16(32)18(34)5-12/h1-10,23,26-36,38-41H,11H2/b4-2+/t23-,26+,27+,28-,29?,30+/m0/s1. The van der Waals surface area contributed by atoms with Crippen LogP contribution < -0.4 is 4.74 Å². The number of benzene rings is 3. The summed E-state index contributed by atoms with van der Waals surface area (Å²) in [6.07, 6.45) is -6.45. The van der Waals surface area contributed by atoms with Crippen molar-refractivity contribution in [2.75, 3.05) is 6.61 Å². The summed E-state index contributed by atoms with van der Waals surface area (Å²) in [7, 11) is 0. The monoisotopic (exact) mass is 628 g/mol. The van der Waals surface area contributed by atoms with E-state index in [-0.39, 0.29) is 34.1 Å². The van der Waals surface area contributed by atoms with Crippen molar-refractivity contribution < 1.29 is 74.8 Å². The summed E-state index contributed by atoms with van der Waals surface area (Å²) in [5.41, 5.74) is 0.392. The van der Waals surface area contributed by atoms with Gasteiger partial charge in [-0.2, -0.15) is 0 Å². The molecule has 45 heavy (non-hydrogen) atoms. The zero-order chi connectivity index (χ0) is 32.6. The van der Waals surface area contributed by atoms with Gasteiger partial charge in [0.2, 0.25) is 6.29 Å². The largest absolute Gasteiger partial charge is 0.508 e. The molecule has 0 radical (unpaired) electrons. The maximum absolute atomic E-state index is 12.3. The summed E-state index contributed by atoms with van der Waals surface area (Å²) in [6.45, 7) is -0.615. The highest BCUT2D eigenvalue weighted by Gasteiger charge is 2.46. The molecule has 0 amide bonds. The van der Waals surface area contributed by atoms with Crippen LogP contribution in [0, 0.1) is 0 Å². The third-order valence-electron chi connectivity index (χ3n) is 7.01. The topological polar surface area (TPSA) is 256 Å². The molecule has 0 saturated carbocycles. The van der Waals surface area contributed by atoms with Gasteiger partial charge in [-0.3, -0.25) is 0 Å². The molecule has 1 saturated heterocycles. The fraction of sp³-hybridized carbons (Fsp3) is 0.233. The van der Waals surface area contributed by atoms with Gasteiger partial charge in [0.25, 0.3) is 0 Å². The van der Waals surface area contributed by atoms with E-state index < -0.39 is 78.1 Å². The number of ether oxygens (including phenoxy) is 4. The molecule has 3 aromatic rings. The molecule has 3 aromatic carbocycles. The Balaban J connectivity index is 1.37. The van der Waals surface area contributed by atoms with Crippen LogP contribution in [0.1, 0.15) is 22.8 Å². The first-order valence-corrected chi connectivity index (χ1v) is 13.2. The second-order valence-electron chi connectivity index (χ2n) is 10.2. The van der Waals surface area contributed by atoms with E-state index in [0.717, 1.165) is 24.3 Å². The Kier molecular flexibility index (Phi) is 8.52. The molecule has 2 aliphatic rings. The summed E-state index contributed by atoms with van der Waals surface area (Å²) in [5, 5.41) is 101. The zero-order valence-electron chi connectivity index (χ0n) is 23.0. The maximum atomic E-state index is 12.3. The smallest absolute Gasteiger partial charge is 0.330 e. The number of aliphatic hydroxyl groups is 3. The lowest BCUT2D eigenvalue weighted by molar-refractivity contribution is -0.294. The van der Waals surface area contributed by atoms with Gasteiger partial charge < -0.3 is 70.0 Å². The highest BCUT2D eigenvalue weighted by atomic mass is 16.7. The SMILES string of the molecule is O=C(/C=C/c1ccc(O)c(O)c1)OC[C@@H]1O[C@@H](OC2=Cc3c(O)cc(O)cc3OC2c2cc(O)c(O)c(O)c2)[C@@H](O)[C@H](O)[C@@H]1O. The van der Waals surface area contributed by atoms with Gasteiger partial charge in [-0.15, -0.1) is 0 Å². The lowest BCUT2D eigenvalue weighted by atomic mass is 9.98. The van der Waals surface area contributed by atoms with Crippen LogP contribution in [0.5, 0.6) is 46.0 Å². The third kappa shape index (κ3) is 6.46. The second-order valence-corrected chi connectivity index (χ2v) is 10.2. The number of hydrogen-bond acceptors (Lipinski definition) is 15. The number of rotatable bonds is 7. The molecule has 1 unspecified atom stereocenters. The molecule has 1 fully saturated rings. The first-order valence-electron chi connectivity index (χ1n) is 13.2. The fourth-order valence-electron chi connectivity index (χ4n) is 4.65. The van der Waals surface area contributed by atoms with Crippen molar-refractivity contribution in [1.29, 1.82) is 0 Å². The minimum atomic E-state index is -1.87. The van der Waals surface area contributed by atoms with E-state index >= 15 is 0 Å².